The summed E-state index contributed by atoms with van der Waals surface area (Å²) in [6.07, 6.45) is 3.72. The number of hydrogen-bond donors (Lipinski definition) is 2. The van der Waals surface area contributed by atoms with Crippen molar-refractivity contribution in [1.29, 1.82) is 0 Å². The Morgan fingerprint density at radius 2 is 1.81 bits per heavy atom. The number of carbonyl (C=O) groups excluding carboxylic acids is 2. The van der Waals surface area contributed by atoms with E-state index >= 15 is 0 Å². The first-order valence-corrected chi connectivity index (χ1v) is 10.6. The number of hydrogen-bond acceptors (Lipinski definition) is 4. The molecule has 0 saturated carbocycles. The number of nitrogens with one attached hydrogen (secondary N) is 2. The van der Waals surface area contributed by atoms with Crippen LogP contribution >= 0.6 is 0 Å². The molecule has 2 N–H and O–H groups in total. The van der Waals surface area contributed by atoms with E-state index in [1.54, 1.807) is 10.9 Å². The molecule has 6 heteroatoms. The van der Waals surface area contributed by atoms with Crippen LogP contribution in [0.25, 0.3) is 0 Å². The Labute approximate surface area is 181 Å². The lowest BCUT2D eigenvalue weighted by Crippen LogP contribution is -2.32. The minimum absolute atomic E-state index is 0.147. The molecule has 5 rings (SSSR count). The number of Topliss-reactive ketones (excluding diaryl/α,β-unsaturated/α-hetero) is 1. The van der Waals surface area contributed by atoms with Crippen LogP contribution in [0.5, 0.6) is 0 Å². The van der Waals surface area contributed by atoms with Crippen LogP contribution in [0.2, 0.25) is 0 Å². The van der Waals surface area contributed by atoms with E-state index in [2.05, 4.69) is 15.7 Å². The lowest BCUT2D eigenvalue weighted by Gasteiger charge is -2.34. The lowest BCUT2D eigenvalue weighted by molar-refractivity contribution is -0.116. The Hall–Kier alpha value is -3.67. The van der Waals surface area contributed by atoms with Crippen LogP contribution in [0.4, 0.5) is 11.5 Å². The predicted octanol–water partition coefficient (Wildman–Crippen LogP) is 4.77. The fourth-order valence-electron chi connectivity index (χ4n) is 4.51. The third-order valence-corrected chi connectivity index (χ3v) is 6.16. The average Bonchev–Trinajstić information content (AvgIpc) is 3.18. The number of benzene rings is 2. The number of fused-ring (bicyclic) bond motifs is 1. The molecule has 0 radical (unpaired) electrons. The molecule has 1 aliphatic heterocycles. The summed E-state index contributed by atoms with van der Waals surface area (Å²) in [5, 5.41) is 10.9. The molecule has 0 spiro atoms. The van der Waals surface area contributed by atoms with Gasteiger partial charge in [0.1, 0.15) is 17.4 Å². The minimum atomic E-state index is -0.333. The first-order chi connectivity index (χ1) is 15.0. The molecule has 1 aromatic heterocycles. The van der Waals surface area contributed by atoms with E-state index in [0.29, 0.717) is 17.8 Å². The van der Waals surface area contributed by atoms with Crippen molar-refractivity contribution in [2.24, 2.45) is 0 Å². The summed E-state index contributed by atoms with van der Waals surface area (Å²) in [6, 6.07) is 15.4. The van der Waals surface area contributed by atoms with E-state index in [9.17, 15) is 9.59 Å². The third kappa shape index (κ3) is 3.24. The normalized spacial score (nSPS) is 17.6. The fourth-order valence-corrected chi connectivity index (χ4v) is 4.51. The molecular formula is C25H24N4O2. The van der Waals surface area contributed by atoms with Gasteiger partial charge in [-0.25, -0.2) is 4.68 Å². The Morgan fingerprint density at radius 1 is 1.06 bits per heavy atom. The number of carbonyl (C=O) groups is 2. The molecule has 2 heterocycles. The summed E-state index contributed by atoms with van der Waals surface area (Å²) in [6.45, 7) is 4.00. The highest BCUT2D eigenvalue weighted by molar-refractivity contribution is 6.08. The van der Waals surface area contributed by atoms with Crippen molar-refractivity contribution in [3.05, 3.63) is 88.3 Å². The number of allylic oxidation sites excluding steroid dienone is 2. The molecule has 0 unspecified atom stereocenters. The van der Waals surface area contributed by atoms with Crippen molar-refractivity contribution < 1.29 is 9.59 Å². The van der Waals surface area contributed by atoms with Crippen molar-refractivity contribution in [2.45, 2.75) is 39.2 Å². The summed E-state index contributed by atoms with van der Waals surface area (Å²) in [5.41, 5.74) is 6.02. The van der Waals surface area contributed by atoms with Gasteiger partial charge in [0.2, 0.25) is 0 Å². The molecule has 0 saturated heterocycles. The lowest BCUT2D eigenvalue weighted by atomic mass is 9.84. The van der Waals surface area contributed by atoms with Gasteiger partial charge in [0, 0.05) is 23.4 Å². The van der Waals surface area contributed by atoms with Crippen LogP contribution in [0.15, 0.2) is 66.0 Å². The number of para-hydroxylation sites is 1. The minimum Gasteiger partial charge on any atom is -0.343 e. The topological polar surface area (TPSA) is 76.0 Å². The van der Waals surface area contributed by atoms with E-state index in [4.69, 9.17) is 0 Å². The quantitative estimate of drug-likeness (QED) is 0.649. The molecule has 1 aliphatic carbocycles. The Morgan fingerprint density at radius 3 is 2.58 bits per heavy atom. The largest absolute Gasteiger partial charge is 0.343 e. The van der Waals surface area contributed by atoms with Gasteiger partial charge in [0.05, 0.1) is 6.20 Å². The van der Waals surface area contributed by atoms with Gasteiger partial charge in [-0.05, 0) is 49.4 Å². The SMILES string of the molecule is Cc1ccccc1NC(=O)c1cnn2c1NC1=C(C(=O)CCC1)[C@H]2c1ccccc1C. The first kappa shape index (κ1) is 19.3. The predicted molar refractivity (Wildman–Crippen MR) is 120 cm³/mol. The monoisotopic (exact) mass is 412 g/mol. The maximum absolute atomic E-state index is 13.1. The second kappa shape index (κ2) is 7.54. The van der Waals surface area contributed by atoms with Gasteiger partial charge in [-0.1, -0.05) is 42.5 Å². The summed E-state index contributed by atoms with van der Waals surface area (Å²) in [4.78, 5) is 26.1. The second-order valence-electron chi connectivity index (χ2n) is 8.17. The summed E-state index contributed by atoms with van der Waals surface area (Å²) < 4.78 is 1.79. The van der Waals surface area contributed by atoms with Gasteiger partial charge >= 0.3 is 0 Å². The first-order valence-electron chi connectivity index (χ1n) is 10.6. The standard InChI is InChI=1S/C25H24N4O2/c1-15-8-3-5-10-17(15)23-22-20(12-7-13-21(22)30)27-24-18(14-26-29(23)24)25(31)28-19-11-6-4-9-16(19)2/h3-6,8-11,14,23,27H,7,12-13H2,1-2H3,(H,28,31)/t23-/m1/s1. The van der Waals surface area contributed by atoms with Gasteiger partial charge in [-0.2, -0.15) is 5.10 Å². The maximum Gasteiger partial charge on any atom is 0.261 e. The summed E-state index contributed by atoms with van der Waals surface area (Å²) in [7, 11) is 0. The highest BCUT2D eigenvalue weighted by Gasteiger charge is 2.38. The van der Waals surface area contributed by atoms with Crippen LogP contribution < -0.4 is 10.6 Å². The van der Waals surface area contributed by atoms with Crippen molar-refractivity contribution >= 4 is 23.2 Å². The number of amides is 1. The number of rotatable bonds is 3. The van der Waals surface area contributed by atoms with Gasteiger partial charge in [-0.15, -0.1) is 0 Å². The summed E-state index contributed by atoms with van der Waals surface area (Å²) in [5.74, 6) is 0.555. The molecule has 2 aromatic carbocycles. The van der Waals surface area contributed by atoms with Gasteiger partial charge in [0.15, 0.2) is 5.78 Å². The molecule has 0 fully saturated rings. The Kier molecular flexibility index (Phi) is 4.70. The number of anilines is 2. The van der Waals surface area contributed by atoms with Crippen LogP contribution in [0.3, 0.4) is 0 Å². The third-order valence-electron chi connectivity index (χ3n) is 6.16. The zero-order valence-electron chi connectivity index (χ0n) is 17.6. The van der Waals surface area contributed by atoms with Crippen molar-refractivity contribution in [3.8, 4) is 0 Å². The zero-order chi connectivity index (χ0) is 21.5. The van der Waals surface area contributed by atoms with Crippen molar-refractivity contribution in [2.75, 3.05) is 10.6 Å². The average molecular weight is 412 g/mol. The molecule has 31 heavy (non-hydrogen) atoms. The molecular weight excluding hydrogens is 388 g/mol. The molecule has 3 aromatic rings. The van der Waals surface area contributed by atoms with E-state index in [1.165, 1.54) is 0 Å². The van der Waals surface area contributed by atoms with Crippen LogP contribution in [0.1, 0.15) is 52.4 Å². The van der Waals surface area contributed by atoms with Gasteiger partial charge in [0.25, 0.3) is 5.91 Å². The van der Waals surface area contributed by atoms with E-state index in [-0.39, 0.29) is 17.7 Å². The zero-order valence-corrected chi connectivity index (χ0v) is 17.6. The Bertz CT molecular complexity index is 1240. The van der Waals surface area contributed by atoms with Crippen molar-refractivity contribution in [1.82, 2.24) is 9.78 Å². The smallest absolute Gasteiger partial charge is 0.261 e. The summed E-state index contributed by atoms with van der Waals surface area (Å²) >= 11 is 0. The van der Waals surface area contributed by atoms with Gasteiger partial charge in [-0.3, -0.25) is 9.59 Å². The van der Waals surface area contributed by atoms with Crippen molar-refractivity contribution in [3.63, 3.8) is 0 Å². The molecule has 156 valence electrons. The molecule has 1 atom stereocenters. The fraction of sp³-hybridized carbons (Fsp3) is 0.240. The number of nitrogens with zero attached hydrogens (tertiary/aromatic N) is 2. The maximum atomic E-state index is 13.1. The highest BCUT2D eigenvalue weighted by atomic mass is 16.1. The highest BCUT2D eigenvalue weighted by Crippen LogP contribution is 2.42. The van der Waals surface area contributed by atoms with Gasteiger partial charge < -0.3 is 10.6 Å². The van der Waals surface area contributed by atoms with E-state index in [0.717, 1.165) is 46.5 Å². The van der Waals surface area contributed by atoms with Crippen LogP contribution in [0, 0.1) is 13.8 Å². The molecule has 2 aliphatic rings. The van der Waals surface area contributed by atoms with E-state index < -0.39 is 0 Å². The number of ketones is 1. The molecule has 0 bridgehead atoms. The Balaban J connectivity index is 1.60. The van der Waals surface area contributed by atoms with Crippen LogP contribution in [-0.4, -0.2) is 21.5 Å². The van der Waals surface area contributed by atoms with Crippen LogP contribution in [-0.2, 0) is 4.79 Å². The number of aromatic nitrogens is 2. The van der Waals surface area contributed by atoms with E-state index in [1.807, 2.05) is 62.4 Å². The molecule has 6 nitrogen and oxygen atoms in total. The number of aryl methyl sites for hydroxylation is 2. The molecule has 1 amide bonds. The second-order valence-corrected chi connectivity index (χ2v) is 8.17.